The number of rotatable bonds is 4. The van der Waals surface area contributed by atoms with Gasteiger partial charge in [-0.1, -0.05) is 54.6 Å². The van der Waals surface area contributed by atoms with Crippen molar-refractivity contribution in [2.24, 2.45) is 5.92 Å². The van der Waals surface area contributed by atoms with Gasteiger partial charge in [0.2, 0.25) is 0 Å². The van der Waals surface area contributed by atoms with Crippen LogP contribution in [0.4, 0.5) is 0 Å². The molecule has 1 aliphatic heterocycles. The van der Waals surface area contributed by atoms with Gasteiger partial charge in [0.15, 0.2) is 0 Å². The van der Waals surface area contributed by atoms with Crippen LogP contribution >= 0.6 is 0 Å². The van der Waals surface area contributed by atoms with Crippen molar-refractivity contribution in [3.8, 4) is 11.1 Å². The first kappa shape index (κ1) is 14.3. The highest BCUT2D eigenvalue weighted by Gasteiger charge is 2.31. The van der Waals surface area contributed by atoms with E-state index in [1.54, 1.807) is 0 Å². The number of nitrogens with one attached hydrogen (secondary N) is 1. The first-order valence-electron chi connectivity index (χ1n) is 7.45. The molecule has 3 rings (SSSR count). The van der Waals surface area contributed by atoms with Crippen molar-refractivity contribution in [2.75, 3.05) is 6.61 Å². The molecule has 3 atom stereocenters. The molecular formula is C18H21NO2. The molecule has 2 aromatic rings. The Balaban J connectivity index is 1.66. The molecule has 110 valence electrons. The predicted molar refractivity (Wildman–Crippen MR) is 83.7 cm³/mol. The standard InChI is InChI=1S/C18H21NO2/c20-12-16-11-17(19-18(16)21)10-13-6-8-15(9-7-13)14-4-2-1-3-5-14/h1-9,16-21H,10-12H2/t16-,17+,18?/m0/s1. The van der Waals surface area contributed by atoms with Gasteiger partial charge in [0.1, 0.15) is 6.23 Å². The van der Waals surface area contributed by atoms with E-state index in [0.717, 1.165) is 12.8 Å². The second-order valence-electron chi connectivity index (χ2n) is 5.75. The van der Waals surface area contributed by atoms with Gasteiger partial charge in [-0.3, -0.25) is 5.32 Å². The highest BCUT2D eigenvalue weighted by Crippen LogP contribution is 2.23. The maximum atomic E-state index is 9.76. The lowest BCUT2D eigenvalue weighted by Crippen LogP contribution is -2.32. The lowest BCUT2D eigenvalue weighted by atomic mass is 9.98. The minimum atomic E-state index is -0.580. The topological polar surface area (TPSA) is 52.5 Å². The number of hydrogen-bond donors (Lipinski definition) is 3. The lowest BCUT2D eigenvalue weighted by molar-refractivity contribution is 0.0752. The molecule has 0 bridgehead atoms. The number of aliphatic hydroxyl groups excluding tert-OH is 2. The molecule has 1 fully saturated rings. The Morgan fingerprint density at radius 1 is 0.952 bits per heavy atom. The Bertz CT molecular complexity index is 568. The fraction of sp³-hybridized carbons (Fsp3) is 0.333. The molecule has 0 radical (unpaired) electrons. The summed E-state index contributed by atoms with van der Waals surface area (Å²) in [4.78, 5) is 0. The van der Waals surface area contributed by atoms with Crippen molar-refractivity contribution in [2.45, 2.75) is 25.1 Å². The fourth-order valence-electron chi connectivity index (χ4n) is 3.01. The van der Waals surface area contributed by atoms with E-state index in [0.29, 0.717) is 0 Å². The molecule has 1 unspecified atom stereocenters. The van der Waals surface area contributed by atoms with Crippen molar-refractivity contribution < 1.29 is 10.2 Å². The summed E-state index contributed by atoms with van der Waals surface area (Å²) in [7, 11) is 0. The second-order valence-corrected chi connectivity index (χ2v) is 5.75. The zero-order valence-electron chi connectivity index (χ0n) is 11.9. The van der Waals surface area contributed by atoms with Gasteiger partial charge in [-0.15, -0.1) is 0 Å². The van der Waals surface area contributed by atoms with Gasteiger partial charge >= 0.3 is 0 Å². The lowest BCUT2D eigenvalue weighted by Gasteiger charge is -2.11. The van der Waals surface area contributed by atoms with E-state index in [4.69, 9.17) is 0 Å². The van der Waals surface area contributed by atoms with Crippen LogP contribution in [0.15, 0.2) is 54.6 Å². The minimum absolute atomic E-state index is 0.0393. The molecule has 1 saturated heterocycles. The Hall–Kier alpha value is -1.68. The van der Waals surface area contributed by atoms with E-state index < -0.39 is 6.23 Å². The predicted octanol–water partition coefficient (Wildman–Crippen LogP) is 2.18. The summed E-state index contributed by atoms with van der Waals surface area (Å²) in [6, 6.07) is 19.1. The Labute approximate surface area is 125 Å². The van der Waals surface area contributed by atoms with Crippen LogP contribution in [0.1, 0.15) is 12.0 Å². The summed E-state index contributed by atoms with van der Waals surface area (Å²) < 4.78 is 0. The third kappa shape index (κ3) is 3.32. The van der Waals surface area contributed by atoms with E-state index in [1.165, 1.54) is 16.7 Å². The van der Waals surface area contributed by atoms with Gasteiger partial charge in [-0.25, -0.2) is 0 Å². The van der Waals surface area contributed by atoms with E-state index in [2.05, 4.69) is 41.7 Å². The Kier molecular flexibility index (Phi) is 4.34. The first-order chi connectivity index (χ1) is 10.3. The number of hydrogen-bond acceptors (Lipinski definition) is 3. The van der Waals surface area contributed by atoms with E-state index in [9.17, 15) is 10.2 Å². The molecule has 0 saturated carbocycles. The molecular weight excluding hydrogens is 262 g/mol. The van der Waals surface area contributed by atoms with Crippen molar-refractivity contribution in [3.05, 3.63) is 60.2 Å². The van der Waals surface area contributed by atoms with Crippen molar-refractivity contribution in [3.63, 3.8) is 0 Å². The molecule has 21 heavy (non-hydrogen) atoms. The van der Waals surface area contributed by atoms with Crippen LogP contribution in [0, 0.1) is 5.92 Å². The molecule has 3 nitrogen and oxygen atoms in total. The summed E-state index contributed by atoms with van der Waals surface area (Å²) in [5.41, 5.74) is 3.68. The SMILES string of the molecule is OC[C@@H]1C[C@@H](Cc2ccc(-c3ccccc3)cc2)NC1O. The maximum absolute atomic E-state index is 9.76. The van der Waals surface area contributed by atoms with Gasteiger partial charge in [-0.2, -0.15) is 0 Å². The van der Waals surface area contributed by atoms with E-state index in [-0.39, 0.29) is 18.6 Å². The monoisotopic (exact) mass is 283 g/mol. The largest absolute Gasteiger partial charge is 0.396 e. The molecule has 0 amide bonds. The average Bonchev–Trinajstić information content (AvgIpc) is 2.88. The average molecular weight is 283 g/mol. The van der Waals surface area contributed by atoms with E-state index in [1.807, 2.05) is 18.2 Å². The molecule has 1 heterocycles. The normalized spacial score (nSPS) is 25.1. The first-order valence-corrected chi connectivity index (χ1v) is 7.45. The summed E-state index contributed by atoms with van der Waals surface area (Å²) in [6.07, 6.45) is 1.12. The molecule has 3 heteroatoms. The summed E-state index contributed by atoms with van der Waals surface area (Å²) in [6.45, 7) is 0.0393. The van der Waals surface area contributed by atoms with Gasteiger partial charge in [0, 0.05) is 18.6 Å². The Morgan fingerprint density at radius 3 is 2.24 bits per heavy atom. The molecule has 2 aromatic carbocycles. The molecule has 0 aromatic heterocycles. The van der Waals surface area contributed by atoms with Crippen LogP contribution in [0.3, 0.4) is 0 Å². The van der Waals surface area contributed by atoms with Crippen LogP contribution in [0.5, 0.6) is 0 Å². The maximum Gasteiger partial charge on any atom is 0.110 e. The van der Waals surface area contributed by atoms with Gasteiger partial charge in [0.25, 0.3) is 0 Å². The summed E-state index contributed by atoms with van der Waals surface area (Å²) in [5, 5.41) is 22.1. The van der Waals surface area contributed by atoms with Gasteiger partial charge in [-0.05, 0) is 29.5 Å². The highest BCUT2D eigenvalue weighted by molar-refractivity contribution is 5.63. The van der Waals surface area contributed by atoms with Gasteiger partial charge < -0.3 is 10.2 Å². The Morgan fingerprint density at radius 2 is 1.62 bits per heavy atom. The van der Waals surface area contributed by atoms with E-state index >= 15 is 0 Å². The molecule has 0 aliphatic carbocycles. The van der Waals surface area contributed by atoms with Crippen LogP contribution in [-0.4, -0.2) is 29.1 Å². The molecule has 3 N–H and O–H groups in total. The summed E-state index contributed by atoms with van der Waals surface area (Å²) in [5.74, 6) is -0.0430. The van der Waals surface area contributed by atoms with Crippen LogP contribution in [0.25, 0.3) is 11.1 Å². The second kappa shape index (κ2) is 6.39. The van der Waals surface area contributed by atoms with Crippen LogP contribution in [0.2, 0.25) is 0 Å². The van der Waals surface area contributed by atoms with Crippen molar-refractivity contribution in [1.82, 2.24) is 5.32 Å². The number of benzene rings is 2. The third-order valence-corrected chi connectivity index (χ3v) is 4.22. The minimum Gasteiger partial charge on any atom is -0.396 e. The van der Waals surface area contributed by atoms with Crippen molar-refractivity contribution in [1.29, 1.82) is 0 Å². The molecule has 0 spiro atoms. The zero-order chi connectivity index (χ0) is 14.7. The third-order valence-electron chi connectivity index (χ3n) is 4.22. The van der Waals surface area contributed by atoms with Gasteiger partial charge in [0.05, 0.1) is 0 Å². The number of aliphatic hydroxyl groups is 2. The smallest absolute Gasteiger partial charge is 0.110 e. The zero-order valence-corrected chi connectivity index (χ0v) is 11.9. The highest BCUT2D eigenvalue weighted by atomic mass is 16.3. The van der Waals surface area contributed by atoms with Crippen LogP contribution in [-0.2, 0) is 6.42 Å². The quantitative estimate of drug-likeness (QED) is 0.806. The van der Waals surface area contributed by atoms with Crippen LogP contribution < -0.4 is 5.32 Å². The summed E-state index contributed by atoms with van der Waals surface area (Å²) >= 11 is 0. The molecule has 1 aliphatic rings. The fourth-order valence-corrected chi connectivity index (χ4v) is 3.01. The van der Waals surface area contributed by atoms with Crippen molar-refractivity contribution >= 4 is 0 Å².